The number of carbonyl (C=O) groups excluding carboxylic acids is 3. The Hall–Kier alpha value is -1.39. The van der Waals surface area contributed by atoms with Crippen LogP contribution < -0.4 is 5.32 Å². The summed E-state index contributed by atoms with van der Waals surface area (Å²) in [4.78, 5) is 33.7. The average Bonchev–Trinajstić information content (AvgIpc) is 2.24. The zero-order valence-electron chi connectivity index (χ0n) is 7.66. The molecule has 1 saturated heterocycles. The van der Waals surface area contributed by atoms with Crippen molar-refractivity contribution < 1.29 is 14.4 Å². The van der Waals surface area contributed by atoms with Crippen LogP contribution in [0.25, 0.3) is 0 Å². The van der Waals surface area contributed by atoms with Crippen molar-refractivity contribution >= 4 is 17.8 Å². The van der Waals surface area contributed by atoms with Gasteiger partial charge in [0.05, 0.1) is 0 Å². The molecule has 1 fully saturated rings. The number of carbonyl (C=O) groups is 3. The van der Waals surface area contributed by atoms with Crippen LogP contribution in [-0.4, -0.2) is 29.3 Å². The van der Waals surface area contributed by atoms with Crippen molar-refractivity contribution in [3.05, 3.63) is 0 Å². The first-order valence-electron chi connectivity index (χ1n) is 4.19. The molecule has 0 aromatic heterocycles. The first-order chi connectivity index (χ1) is 6.02. The van der Waals surface area contributed by atoms with Crippen LogP contribution >= 0.6 is 0 Å². The lowest BCUT2D eigenvalue weighted by Gasteiger charge is -2.12. The lowest BCUT2D eigenvalue weighted by molar-refractivity contribution is -0.140. The Morgan fingerprint density at radius 2 is 1.92 bits per heavy atom. The van der Waals surface area contributed by atoms with Crippen LogP contribution in [0.15, 0.2) is 0 Å². The van der Waals surface area contributed by atoms with E-state index < -0.39 is 17.8 Å². The van der Waals surface area contributed by atoms with E-state index in [1.54, 1.807) is 0 Å². The molecule has 13 heavy (non-hydrogen) atoms. The highest BCUT2D eigenvalue weighted by molar-refractivity contribution is 6.44. The summed E-state index contributed by atoms with van der Waals surface area (Å²) in [7, 11) is 0. The number of nitrogens with zero attached hydrogens (tertiary/aromatic N) is 1. The van der Waals surface area contributed by atoms with Crippen molar-refractivity contribution in [2.45, 2.75) is 20.3 Å². The number of nitrogens with one attached hydrogen (secondary N) is 1. The molecular weight excluding hydrogens is 172 g/mol. The summed E-state index contributed by atoms with van der Waals surface area (Å²) in [6.07, 6.45) is 0.715. The highest BCUT2D eigenvalue weighted by atomic mass is 16.2. The summed E-state index contributed by atoms with van der Waals surface area (Å²) in [6, 6.07) is -0.601. The molecule has 0 atom stereocenters. The van der Waals surface area contributed by atoms with Crippen molar-refractivity contribution in [2.75, 3.05) is 6.54 Å². The second-order valence-corrected chi connectivity index (χ2v) is 3.40. The minimum absolute atomic E-state index is 0.314. The predicted octanol–water partition coefficient (Wildman–Crippen LogP) is 0.111. The lowest BCUT2D eigenvalue weighted by Crippen LogP contribution is -2.32. The maximum absolute atomic E-state index is 11.0. The molecular formula is C8H12N2O3. The average molecular weight is 184 g/mol. The molecule has 0 saturated carbocycles. The normalized spacial score (nSPS) is 17.2. The van der Waals surface area contributed by atoms with E-state index in [1.807, 2.05) is 19.2 Å². The molecule has 0 aromatic rings. The second kappa shape index (κ2) is 3.55. The second-order valence-electron chi connectivity index (χ2n) is 3.40. The molecule has 1 aliphatic rings. The van der Waals surface area contributed by atoms with E-state index in [-0.39, 0.29) is 0 Å². The van der Waals surface area contributed by atoms with E-state index in [2.05, 4.69) is 0 Å². The number of imide groups is 2. The third kappa shape index (κ3) is 2.05. The fourth-order valence-corrected chi connectivity index (χ4v) is 1.02. The highest BCUT2D eigenvalue weighted by Gasteiger charge is 2.36. The van der Waals surface area contributed by atoms with Crippen molar-refractivity contribution in [1.29, 1.82) is 0 Å². The topological polar surface area (TPSA) is 66.5 Å². The lowest BCUT2D eigenvalue weighted by atomic mass is 10.1. The molecule has 5 heteroatoms. The van der Waals surface area contributed by atoms with Gasteiger partial charge in [0.25, 0.3) is 0 Å². The molecule has 0 bridgehead atoms. The summed E-state index contributed by atoms with van der Waals surface area (Å²) in [5.74, 6) is -1.17. The molecule has 72 valence electrons. The first kappa shape index (κ1) is 9.70. The summed E-state index contributed by atoms with van der Waals surface area (Å²) >= 11 is 0. The molecule has 0 radical (unpaired) electrons. The van der Waals surface area contributed by atoms with E-state index in [0.29, 0.717) is 18.9 Å². The summed E-state index contributed by atoms with van der Waals surface area (Å²) in [5.41, 5.74) is 0. The first-order valence-corrected chi connectivity index (χ1v) is 4.19. The zero-order valence-corrected chi connectivity index (χ0v) is 7.66. The van der Waals surface area contributed by atoms with Crippen molar-refractivity contribution in [3.63, 3.8) is 0 Å². The third-order valence-electron chi connectivity index (χ3n) is 1.84. The molecule has 0 aliphatic carbocycles. The molecule has 0 aromatic carbocycles. The maximum atomic E-state index is 11.0. The van der Waals surface area contributed by atoms with Crippen molar-refractivity contribution in [1.82, 2.24) is 10.2 Å². The SMILES string of the molecule is CC(C)CCN1C(=O)NC(=O)C1=O. The van der Waals surface area contributed by atoms with Gasteiger partial charge in [-0.3, -0.25) is 19.8 Å². The van der Waals surface area contributed by atoms with Crippen LogP contribution in [0, 0.1) is 5.92 Å². The van der Waals surface area contributed by atoms with Gasteiger partial charge in [0.15, 0.2) is 0 Å². The van der Waals surface area contributed by atoms with Gasteiger partial charge < -0.3 is 0 Å². The Morgan fingerprint density at radius 1 is 1.31 bits per heavy atom. The molecule has 4 amide bonds. The minimum Gasteiger partial charge on any atom is -0.269 e. The molecule has 5 nitrogen and oxygen atoms in total. The third-order valence-corrected chi connectivity index (χ3v) is 1.84. The highest BCUT2D eigenvalue weighted by Crippen LogP contribution is 2.06. The van der Waals surface area contributed by atoms with Crippen LogP contribution in [0.3, 0.4) is 0 Å². The summed E-state index contributed by atoms with van der Waals surface area (Å²) in [6.45, 7) is 4.29. The molecule has 1 heterocycles. The van der Waals surface area contributed by atoms with Gasteiger partial charge in [0.1, 0.15) is 0 Å². The Bertz CT molecular complexity index is 260. The van der Waals surface area contributed by atoms with Gasteiger partial charge in [0, 0.05) is 6.54 Å². The predicted molar refractivity (Wildman–Crippen MR) is 44.7 cm³/mol. The molecule has 0 spiro atoms. The van der Waals surface area contributed by atoms with Gasteiger partial charge in [-0.05, 0) is 12.3 Å². The quantitative estimate of drug-likeness (QED) is 0.500. The number of urea groups is 1. The van der Waals surface area contributed by atoms with Gasteiger partial charge in [-0.15, -0.1) is 0 Å². The van der Waals surface area contributed by atoms with Crippen LogP contribution in [0.2, 0.25) is 0 Å². The number of rotatable bonds is 3. The summed E-state index contributed by atoms with van der Waals surface area (Å²) < 4.78 is 0. The number of amides is 4. The Kier molecular flexibility index (Phi) is 2.65. The van der Waals surface area contributed by atoms with Gasteiger partial charge in [-0.25, -0.2) is 4.79 Å². The molecule has 0 unspecified atom stereocenters. The smallest absolute Gasteiger partial charge is 0.269 e. The van der Waals surface area contributed by atoms with Gasteiger partial charge in [-0.2, -0.15) is 0 Å². The molecule has 1 aliphatic heterocycles. The fraction of sp³-hybridized carbons (Fsp3) is 0.625. The van der Waals surface area contributed by atoms with Gasteiger partial charge >= 0.3 is 17.8 Å². The van der Waals surface area contributed by atoms with Crippen LogP contribution in [0.1, 0.15) is 20.3 Å². The maximum Gasteiger partial charge on any atom is 0.331 e. The largest absolute Gasteiger partial charge is 0.331 e. The Morgan fingerprint density at radius 3 is 2.31 bits per heavy atom. The Balaban J connectivity index is 2.54. The van der Waals surface area contributed by atoms with E-state index in [0.717, 1.165) is 4.90 Å². The number of hydrogen-bond acceptors (Lipinski definition) is 3. The molecule has 1 rings (SSSR count). The van der Waals surface area contributed by atoms with E-state index >= 15 is 0 Å². The van der Waals surface area contributed by atoms with Crippen molar-refractivity contribution in [2.24, 2.45) is 5.92 Å². The van der Waals surface area contributed by atoms with Gasteiger partial charge in [0.2, 0.25) is 0 Å². The van der Waals surface area contributed by atoms with Crippen LogP contribution in [0.4, 0.5) is 4.79 Å². The van der Waals surface area contributed by atoms with E-state index in [4.69, 9.17) is 0 Å². The standard InChI is InChI=1S/C8H12N2O3/c1-5(2)3-4-10-7(12)6(11)9-8(10)13/h5H,3-4H2,1-2H3,(H,9,11,13). The van der Waals surface area contributed by atoms with Crippen LogP contribution in [-0.2, 0) is 9.59 Å². The number of hydrogen-bond donors (Lipinski definition) is 1. The minimum atomic E-state index is -0.825. The monoisotopic (exact) mass is 184 g/mol. The fourth-order valence-electron chi connectivity index (χ4n) is 1.02. The van der Waals surface area contributed by atoms with Gasteiger partial charge in [-0.1, -0.05) is 13.8 Å². The summed E-state index contributed by atoms with van der Waals surface area (Å²) in [5, 5.41) is 1.94. The Labute approximate surface area is 76.1 Å². The van der Waals surface area contributed by atoms with E-state index in [9.17, 15) is 14.4 Å². The van der Waals surface area contributed by atoms with Crippen LogP contribution in [0.5, 0.6) is 0 Å². The zero-order chi connectivity index (χ0) is 10.0. The molecule has 1 N–H and O–H groups in total. The van der Waals surface area contributed by atoms with E-state index in [1.165, 1.54) is 0 Å². The van der Waals surface area contributed by atoms with Crippen molar-refractivity contribution in [3.8, 4) is 0 Å².